The molecule has 0 atom stereocenters. The highest BCUT2D eigenvalue weighted by Gasteiger charge is 2.10. The van der Waals surface area contributed by atoms with Gasteiger partial charge in [-0.05, 0) is 36.8 Å². The number of nitrogen functional groups attached to an aromatic ring is 1. The Morgan fingerprint density at radius 2 is 2.16 bits per heavy atom. The van der Waals surface area contributed by atoms with E-state index in [0.29, 0.717) is 22.0 Å². The summed E-state index contributed by atoms with van der Waals surface area (Å²) in [4.78, 5) is 13.9. The molecule has 4 nitrogen and oxygen atoms in total. The van der Waals surface area contributed by atoms with E-state index in [9.17, 15) is 4.79 Å². The molecule has 1 heterocycles. The molecule has 0 bridgehead atoms. The maximum atomic E-state index is 12.0. The lowest BCUT2D eigenvalue weighted by molar-refractivity contribution is 0.103. The minimum Gasteiger partial charge on any atom is -0.495 e. The first-order chi connectivity index (χ1) is 9.13. The minimum atomic E-state index is -0.116. The first kappa shape index (κ1) is 13.4. The Morgan fingerprint density at radius 3 is 2.74 bits per heavy atom. The van der Waals surface area contributed by atoms with E-state index in [-0.39, 0.29) is 5.91 Å². The summed E-state index contributed by atoms with van der Waals surface area (Å²) in [5, 5.41) is 2.82. The van der Waals surface area contributed by atoms with E-state index in [4.69, 9.17) is 10.5 Å². The zero-order valence-corrected chi connectivity index (χ0v) is 11.7. The van der Waals surface area contributed by atoms with E-state index in [0.717, 1.165) is 6.42 Å². The molecule has 1 aromatic heterocycles. The second-order valence-corrected chi connectivity index (χ2v) is 5.20. The standard InChI is InChI=1S/C14H16N2O2S/c1-3-10-5-7-13(19-10)14(17)16-9-4-6-12(18-2)11(15)8-9/h4-8H,3,15H2,1-2H3,(H,16,17). The molecule has 2 aromatic rings. The predicted molar refractivity (Wildman–Crippen MR) is 79.1 cm³/mol. The molecule has 0 aliphatic heterocycles. The van der Waals surface area contributed by atoms with Crippen LogP contribution in [0.15, 0.2) is 30.3 Å². The number of amides is 1. The molecule has 5 heteroatoms. The van der Waals surface area contributed by atoms with Crippen LogP contribution in [-0.4, -0.2) is 13.0 Å². The van der Waals surface area contributed by atoms with Crippen LogP contribution in [0.4, 0.5) is 11.4 Å². The first-order valence-corrected chi connectivity index (χ1v) is 6.79. The average molecular weight is 276 g/mol. The van der Waals surface area contributed by atoms with E-state index < -0.39 is 0 Å². The third-order valence-corrected chi connectivity index (χ3v) is 3.95. The topological polar surface area (TPSA) is 64.3 Å². The number of hydrogen-bond acceptors (Lipinski definition) is 4. The van der Waals surface area contributed by atoms with Crippen LogP contribution in [0.2, 0.25) is 0 Å². The van der Waals surface area contributed by atoms with Crippen LogP contribution in [-0.2, 0) is 6.42 Å². The summed E-state index contributed by atoms with van der Waals surface area (Å²) in [6.45, 7) is 2.07. The van der Waals surface area contributed by atoms with E-state index in [2.05, 4.69) is 12.2 Å². The van der Waals surface area contributed by atoms with Crippen molar-refractivity contribution in [3.63, 3.8) is 0 Å². The number of ether oxygens (including phenoxy) is 1. The van der Waals surface area contributed by atoms with Gasteiger partial charge in [-0.15, -0.1) is 11.3 Å². The van der Waals surface area contributed by atoms with Gasteiger partial charge in [-0.25, -0.2) is 0 Å². The van der Waals surface area contributed by atoms with Gasteiger partial charge >= 0.3 is 0 Å². The molecule has 0 aliphatic rings. The second-order valence-electron chi connectivity index (χ2n) is 4.03. The Balaban J connectivity index is 2.12. The van der Waals surface area contributed by atoms with Crippen molar-refractivity contribution in [3.8, 4) is 5.75 Å². The lowest BCUT2D eigenvalue weighted by atomic mass is 10.2. The summed E-state index contributed by atoms with van der Waals surface area (Å²) >= 11 is 1.50. The van der Waals surface area contributed by atoms with E-state index in [1.807, 2.05) is 12.1 Å². The van der Waals surface area contributed by atoms with Crippen molar-refractivity contribution in [3.05, 3.63) is 40.1 Å². The van der Waals surface area contributed by atoms with Gasteiger partial charge in [0.1, 0.15) is 5.75 Å². The van der Waals surface area contributed by atoms with Crippen molar-refractivity contribution in [1.29, 1.82) is 0 Å². The highest BCUT2D eigenvalue weighted by Crippen LogP contribution is 2.25. The normalized spacial score (nSPS) is 10.2. The molecular weight excluding hydrogens is 260 g/mol. The predicted octanol–water partition coefficient (Wildman–Crippen LogP) is 3.15. The van der Waals surface area contributed by atoms with Gasteiger partial charge < -0.3 is 15.8 Å². The Labute approximate surface area is 116 Å². The van der Waals surface area contributed by atoms with Crippen LogP contribution in [0, 0.1) is 0 Å². The van der Waals surface area contributed by atoms with Gasteiger partial charge in [-0.3, -0.25) is 4.79 Å². The SMILES string of the molecule is CCc1ccc(C(=O)Nc2ccc(OC)c(N)c2)s1. The van der Waals surface area contributed by atoms with Crippen molar-refractivity contribution in [2.45, 2.75) is 13.3 Å². The third kappa shape index (κ3) is 3.06. The molecule has 2 rings (SSSR count). The fourth-order valence-corrected chi connectivity index (χ4v) is 2.54. The van der Waals surface area contributed by atoms with Crippen molar-refractivity contribution >= 4 is 28.6 Å². The number of methoxy groups -OCH3 is 1. The fraction of sp³-hybridized carbons (Fsp3) is 0.214. The van der Waals surface area contributed by atoms with Gasteiger partial charge in [0.25, 0.3) is 5.91 Å². The molecule has 0 aliphatic carbocycles. The molecule has 0 saturated heterocycles. The summed E-state index contributed by atoms with van der Waals surface area (Å²) in [5.74, 6) is 0.483. The number of carbonyl (C=O) groups excluding carboxylic acids is 1. The number of nitrogens with one attached hydrogen (secondary N) is 1. The minimum absolute atomic E-state index is 0.116. The van der Waals surface area contributed by atoms with Crippen LogP contribution in [0.1, 0.15) is 21.5 Å². The Morgan fingerprint density at radius 1 is 1.37 bits per heavy atom. The first-order valence-electron chi connectivity index (χ1n) is 5.97. The van der Waals surface area contributed by atoms with E-state index in [1.54, 1.807) is 25.3 Å². The summed E-state index contributed by atoms with van der Waals surface area (Å²) in [6.07, 6.45) is 0.938. The number of rotatable bonds is 4. The highest BCUT2D eigenvalue weighted by atomic mass is 32.1. The highest BCUT2D eigenvalue weighted by molar-refractivity contribution is 7.14. The number of hydrogen-bond donors (Lipinski definition) is 2. The van der Waals surface area contributed by atoms with Gasteiger partial charge in [0.15, 0.2) is 0 Å². The van der Waals surface area contributed by atoms with Crippen molar-refractivity contribution in [2.24, 2.45) is 0 Å². The number of benzene rings is 1. The van der Waals surface area contributed by atoms with E-state index >= 15 is 0 Å². The van der Waals surface area contributed by atoms with Gasteiger partial charge in [0.2, 0.25) is 0 Å². The maximum Gasteiger partial charge on any atom is 0.265 e. The lowest BCUT2D eigenvalue weighted by Gasteiger charge is -2.08. The van der Waals surface area contributed by atoms with E-state index in [1.165, 1.54) is 16.2 Å². The number of aryl methyl sites for hydroxylation is 1. The van der Waals surface area contributed by atoms with Gasteiger partial charge in [0, 0.05) is 10.6 Å². The van der Waals surface area contributed by atoms with Gasteiger partial charge in [-0.1, -0.05) is 6.92 Å². The zero-order valence-electron chi connectivity index (χ0n) is 10.9. The molecule has 1 amide bonds. The molecule has 0 spiro atoms. The number of nitrogens with two attached hydrogens (primary N) is 1. The van der Waals surface area contributed by atoms with Crippen LogP contribution in [0.25, 0.3) is 0 Å². The molecule has 0 fully saturated rings. The fourth-order valence-electron chi connectivity index (χ4n) is 1.69. The van der Waals surface area contributed by atoms with Crippen LogP contribution >= 0.6 is 11.3 Å². The second kappa shape index (κ2) is 5.75. The number of carbonyl (C=O) groups is 1. The monoisotopic (exact) mass is 276 g/mol. The quantitative estimate of drug-likeness (QED) is 0.843. The Bertz CT molecular complexity index is 593. The maximum absolute atomic E-state index is 12.0. The molecule has 1 aromatic carbocycles. The average Bonchev–Trinajstić information content (AvgIpc) is 2.88. The lowest BCUT2D eigenvalue weighted by Crippen LogP contribution is -2.10. The van der Waals surface area contributed by atoms with Crippen LogP contribution < -0.4 is 15.8 Å². The molecule has 0 radical (unpaired) electrons. The molecule has 0 unspecified atom stereocenters. The summed E-state index contributed by atoms with van der Waals surface area (Å²) in [7, 11) is 1.56. The molecule has 3 N–H and O–H groups in total. The van der Waals surface area contributed by atoms with Gasteiger partial charge in [-0.2, -0.15) is 0 Å². The molecular formula is C14H16N2O2S. The Kier molecular flexibility index (Phi) is 4.06. The summed E-state index contributed by atoms with van der Waals surface area (Å²) < 4.78 is 5.07. The summed E-state index contributed by atoms with van der Waals surface area (Å²) in [6, 6.07) is 9.00. The van der Waals surface area contributed by atoms with Crippen LogP contribution in [0.3, 0.4) is 0 Å². The number of anilines is 2. The van der Waals surface area contributed by atoms with Crippen molar-refractivity contribution < 1.29 is 9.53 Å². The molecule has 100 valence electrons. The largest absolute Gasteiger partial charge is 0.495 e. The van der Waals surface area contributed by atoms with Gasteiger partial charge in [0.05, 0.1) is 17.7 Å². The Hall–Kier alpha value is -2.01. The van der Waals surface area contributed by atoms with Crippen molar-refractivity contribution in [1.82, 2.24) is 0 Å². The van der Waals surface area contributed by atoms with Crippen molar-refractivity contribution in [2.75, 3.05) is 18.2 Å². The molecule has 0 saturated carbocycles. The third-order valence-electron chi connectivity index (χ3n) is 2.72. The number of thiophene rings is 1. The zero-order chi connectivity index (χ0) is 13.8. The van der Waals surface area contributed by atoms with Crippen LogP contribution in [0.5, 0.6) is 5.75 Å². The smallest absolute Gasteiger partial charge is 0.265 e. The summed E-state index contributed by atoms with van der Waals surface area (Å²) in [5.41, 5.74) is 6.96. The molecule has 19 heavy (non-hydrogen) atoms.